The fourth-order valence-electron chi connectivity index (χ4n) is 0.847. The Balaban J connectivity index is 3.58. The summed E-state index contributed by atoms with van der Waals surface area (Å²) in [5.41, 5.74) is 0. The highest BCUT2D eigenvalue weighted by molar-refractivity contribution is 4.64. The van der Waals surface area contributed by atoms with Crippen LogP contribution in [-0.4, -0.2) is 11.2 Å². The lowest BCUT2D eigenvalue weighted by molar-refractivity contribution is 0.102. The van der Waals surface area contributed by atoms with Gasteiger partial charge < -0.3 is 5.11 Å². The van der Waals surface area contributed by atoms with Crippen molar-refractivity contribution in [3.63, 3.8) is 0 Å². The zero-order valence-electron chi connectivity index (χ0n) is 6.89. The van der Waals surface area contributed by atoms with E-state index in [2.05, 4.69) is 20.8 Å². The third kappa shape index (κ3) is 2.85. The Labute approximate surface area is 58.1 Å². The van der Waals surface area contributed by atoms with Crippen molar-refractivity contribution in [1.82, 2.24) is 0 Å². The minimum absolute atomic E-state index is 0.153. The third-order valence-corrected chi connectivity index (χ3v) is 2.30. The first-order valence-electron chi connectivity index (χ1n) is 3.77. The van der Waals surface area contributed by atoms with Crippen LogP contribution < -0.4 is 0 Å². The molecule has 1 N–H and O–H groups in total. The molecule has 0 aromatic rings. The molecule has 9 heavy (non-hydrogen) atoms. The van der Waals surface area contributed by atoms with E-state index in [0.717, 1.165) is 6.42 Å². The molecule has 0 heterocycles. The number of aliphatic hydroxyl groups is 1. The second kappa shape index (κ2) is 3.89. The Morgan fingerprint density at radius 2 is 1.67 bits per heavy atom. The number of hydrogen-bond donors (Lipinski definition) is 1. The fourth-order valence-corrected chi connectivity index (χ4v) is 0.847. The van der Waals surface area contributed by atoms with Gasteiger partial charge >= 0.3 is 0 Å². The van der Waals surface area contributed by atoms with Gasteiger partial charge in [0.15, 0.2) is 0 Å². The zero-order chi connectivity index (χ0) is 7.44. The Hall–Kier alpha value is -0.0400. The van der Waals surface area contributed by atoms with Crippen LogP contribution in [0.25, 0.3) is 0 Å². The second-order valence-corrected chi connectivity index (χ2v) is 2.99. The Bertz CT molecular complexity index is 69.0. The molecule has 0 unspecified atom stereocenters. The molecule has 0 saturated carbocycles. The first-order valence-corrected chi connectivity index (χ1v) is 3.77. The monoisotopic (exact) mass is 130 g/mol. The summed E-state index contributed by atoms with van der Waals surface area (Å²) in [7, 11) is 0. The summed E-state index contributed by atoms with van der Waals surface area (Å²) in [4.78, 5) is 0. The summed E-state index contributed by atoms with van der Waals surface area (Å²) in [5, 5.41) is 9.12. The van der Waals surface area contributed by atoms with Gasteiger partial charge in [0.05, 0.1) is 6.10 Å². The van der Waals surface area contributed by atoms with E-state index in [4.69, 9.17) is 5.11 Å². The van der Waals surface area contributed by atoms with Crippen LogP contribution in [0.15, 0.2) is 0 Å². The van der Waals surface area contributed by atoms with Crippen molar-refractivity contribution in [3.05, 3.63) is 0 Å². The molecule has 1 heteroatoms. The molecule has 0 radical (unpaired) electrons. The van der Waals surface area contributed by atoms with Gasteiger partial charge in [0.2, 0.25) is 0 Å². The van der Waals surface area contributed by atoms with Gasteiger partial charge in [-0.1, -0.05) is 27.2 Å². The van der Waals surface area contributed by atoms with Crippen LogP contribution in [0.5, 0.6) is 0 Å². The van der Waals surface area contributed by atoms with E-state index in [1.807, 2.05) is 6.92 Å². The van der Waals surface area contributed by atoms with Crippen molar-refractivity contribution in [2.75, 3.05) is 0 Å². The number of hydrogen-bond acceptors (Lipinski definition) is 1. The average Bonchev–Trinajstić information content (AvgIpc) is 1.84. The normalized spacial score (nSPS) is 21.0. The summed E-state index contributed by atoms with van der Waals surface area (Å²) in [6.45, 7) is 8.29. The minimum Gasteiger partial charge on any atom is -0.393 e. The van der Waals surface area contributed by atoms with Crippen molar-refractivity contribution in [3.8, 4) is 0 Å². The topological polar surface area (TPSA) is 20.2 Å². The highest BCUT2D eigenvalue weighted by atomic mass is 16.3. The van der Waals surface area contributed by atoms with Gasteiger partial charge in [-0.15, -0.1) is 0 Å². The van der Waals surface area contributed by atoms with Crippen LogP contribution in [0.4, 0.5) is 0 Å². The SMILES string of the molecule is CC[C@@H](C)[C@@H](C)[C@@H](C)O. The van der Waals surface area contributed by atoms with E-state index >= 15 is 0 Å². The lowest BCUT2D eigenvalue weighted by atomic mass is 9.90. The van der Waals surface area contributed by atoms with Gasteiger partial charge in [-0.05, 0) is 18.8 Å². The van der Waals surface area contributed by atoms with Gasteiger partial charge in [0.25, 0.3) is 0 Å². The Morgan fingerprint density at radius 3 is 1.78 bits per heavy atom. The van der Waals surface area contributed by atoms with Crippen molar-refractivity contribution in [2.24, 2.45) is 11.8 Å². The number of rotatable bonds is 3. The van der Waals surface area contributed by atoms with Crippen LogP contribution in [0.2, 0.25) is 0 Å². The van der Waals surface area contributed by atoms with Gasteiger partial charge in [-0.2, -0.15) is 0 Å². The molecule has 0 rings (SSSR count). The van der Waals surface area contributed by atoms with Gasteiger partial charge in [-0.25, -0.2) is 0 Å². The van der Waals surface area contributed by atoms with Gasteiger partial charge in [0, 0.05) is 0 Å². The van der Waals surface area contributed by atoms with E-state index in [0.29, 0.717) is 11.8 Å². The average molecular weight is 130 g/mol. The molecule has 0 saturated heterocycles. The largest absolute Gasteiger partial charge is 0.393 e. The molecule has 56 valence electrons. The van der Waals surface area contributed by atoms with E-state index in [1.54, 1.807) is 0 Å². The van der Waals surface area contributed by atoms with Crippen molar-refractivity contribution in [1.29, 1.82) is 0 Å². The highest BCUT2D eigenvalue weighted by Crippen LogP contribution is 2.17. The summed E-state index contributed by atoms with van der Waals surface area (Å²) in [5.74, 6) is 1.08. The summed E-state index contributed by atoms with van der Waals surface area (Å²) >= 11 is 0. The quantitative estimate of drug-likeness (QED) is 0.620. The molecule has 0 bridgehead atoms. The van der Waals surface area contributed by atoms with Crippen molar-refractivity contribution in [2.45, 2.75) is 40.2 Å². The first-order chi connectivity index (χ1) is 4.09. The number of aliphatic hydroxyl groups excluding tert-OH is 1. The van der Waals surface area contributed by atoms with Crippen LogP contribution in [-0.2, 0) is 0 Å². The van der Waals surface area contributed by atoms with Crippen molar-refractivity contribution >= 4 is 0 Å². The molecule has 0 amide bonds. The zero-order valence-corrected chi connectivity index (χ0v) is 6.89. The first kappa shape index (κ1) is 8.96. The van der Waals surface area contributed by atoms with Crippen LogP contribution in [0.3, 0.4) is 0 Å². The Morgan fingerprint density at radius 1 is 1.22 bits per heavy atom. The van der Waals surface area contributed by atoms with Crippen LogP contribution in [0, 0.1) is 11.8 Å². The maximum absolute atomic E-state index is 9.12. The summed E-state index contributed by atoms with van der Waals surface area (Å²) in [6.07, 6.45) is 1.01. The van der Waals surface area contributed by atoms with Gasteiger partial charge in [-0.3, -0.25) is 0 Å². The fraction of sp³-hybridized carbons (Fsp3) is 1.00. The van der Waals surface area contributed by atoms with Gasteiger partial charge in [0.1, 0.15) is 0 Å². The maximum Gasteiger partial charge on any atom is 0.0540 e. The van der Waals surface area contributed by atoms with Crippen LogP contribution >= 0.6 is 0 Å². The minimum atomic E-state index is -0.153. The predicted molar refractivity (Wildman–Crippen MR) is 40.3 cm³/mol. The third-order valence-electron chi connectivity index (χ3n) is 2.30. The molecule has 0 aromatic heterocycles. The lowest BCUT2D eigenvalue weighted by Gasteiger charge is -2.20. The molecule has 0 spiro atoms. The summed E-state index contributed by atoms with van der Waals surface area (Å²) in [6, 6.07) is 0. The molecule has 0 aliphatic heterocycles. The molecular formula is C8H18O. The van der Waals surface area contributed by atoms with E-state index in [-0.39, 0.29) is 6.10 Å². The van der Waals surface area contributed by atoms with E-state index < -0.39 is 0 Å². The molecular weight excluding hydrogens is 112 g/mol. The summed E-state index contributed by atoms with van der Waals surface area (Å²) < 4.78 is 0. The molecule has 0 aliphatic rings. The standard InChI is InChI=1S/C8H18O/c1-5-6(2)7(3)8(4)9/h6-9H,5H2,1-4H3/t6-,7-,8-/m1/s1. The van der Waals surface area contributed by atoms with Crippen LogP contribution in [0.1, 0.15) is 34.1 Å². The molecule has 0 aliphatic carbocycles. The van der Waals surface area contributed by atoms with E-state index in [1.165, 1.54) is 0 Å². The molecule has 0 aromatic carbocycles. The predicted octanol–water partition coefficient (Wildman–Crippen LogP) is 2.05. The highest BCUT2D eigenvalue weighted by Gasteiger charge is 2.14. The lowest BCUT2D eigenvalue weighted by Crippen LogP contribution is -2.19. The molecule has 0 fully saturated rings. The molecule has 3 atom stereocenters. The molecule has 1 nitrogen and oxygen atoms in total. The smallest absolute Gasteiger partial charge is 0.0540 e. The maximum atomic E-state index is 9.12. The Kier molecular flexibility index (Phi) is 3.87. The second-order valence-electron chi connectivity index (χ2n) is 2.99. The van der Waals surface area contributed by atoms with E-state index in [9.17, 15) is 0 Å². The van der Waals surface area contributed by atoms with Crippen molar-refractivity contribution < 1.29 is 5.11 Å².